The Hall–Kier alpha value is -0.160. The molecule has 5 N–H and O–H groups in total. The first-order valence-electron chi connectivity index (χ1n) is 3.22. The topological polar surface area (TPSA) is 85.2 Å². The van der Waals surface area contributed by atoms with Crippen molar-refractivity contribution < 1.29 is 33.1 Å². The van der Waals surface area contributed by atoms with Crippen LogP contribution >= 0.6 is 0 Å². The summed E-state index contributed by atoms with van der Waals surface area (Å²) in [4.78, 5) is 9.91. The zero-order valence-electron chi connectivity index (χ0n) is 6.40. The maximum Gasteiger partial charge on any atom is 0.131 e. The van der Waals surface area contributed by atoms with E-state index in [2.05, 4.69) is 5.73 Å². The molecule has 4 nitrogen and oxygen atoms in total. The van der Waals surface area contributed by atoms with E-state index in [1.807, 2.05) is 0 Å². The molecular weight excluding hydrogens is 170 g/mol. The second kappa shape index (κ2) is 6.54. The fourth-order valence-electron chi connectivity index (χ4n) is 0.657. The largest absolute Gasteiger partial charge is 1.00 e. The molecule has 0 bridgehead atoms. The molecule has 0 aromatic carbocycles. The smallest absolute Gasteiger partial charge is 0.131 e. The molecule has 5 heteroatoms. The van der Waals surface area contributed by atoms with Crippen molar-refractivity contribution in [1.82, 2.24) is 0 Å². The molecule has 11 heavy (non-hydrogen) atoms. The van der Waals surface area contributed by atoms with Crippen LogP contribution in [-0.2, 0) is 4.79 Å². The van der Waals surface area contributed by atoms with Crippen LogP contribution in [0.15, 0.2) is 0 Å². The summed E-state index contributed by atoms with van der Waals surface area (Å²) in [7, 11) is 0. The fourth-order valence-corrected chi connectivity index (χ4v) is 0.657. The van der Waals surface area contributed by atoms with Crippen LogP contribution in [0.4, 0.5) is 0 Å². The number of hydrogen-bond acceptors (Lipinski definition) is 3. The van der Waals surface area contributed by atoms with E-state index in [9.17, 15) is 4.79 Å². The van der Waals surface area contributed by atoms with Crippen LogP contribution in [0, 0.1) is 0 Å². The van der Waals surface area contributed by atoms with Gasteiger partial charge in [-0.05, 0) is 6.92 Å². The molecule has 0 heterocycles. The van der Waals surface area contributed by atoms with Gasteiger partial charge in [-0.15, -0.1) is 0 Å². The minimum absolute atomic E-state index is 0. The highest BCUT2D eigenvalue weighted by Gasteiger charge is 2.21. The lowest BCUT2D eigenvalue weighted by molar-refractivity contribution is -0.439. The molecule has 3 atom stereocenters. The third kappa shape index (κ3) is 5.15. The second-order valence-electron chi connectivity index (χ2n) is 2.39. The normalized spacial score (nSPS) is 17.8. The van der Waals surface area contributed by atoms with Crippen LogP contribution in [0.25, 0.3) is 0 Å². The zero-order valence-corrected chi connectivity index (χ0v) is 7.16. The van der Waals surface area contributed by atoms with Crippen LogP contribution in [0.3, 0.4) is 0 Å². The van der Waals surface area contributed by atoms with Crippen LogP contribution < -0.4 is 18.1 Å². The van der Waals surface area contributed by atoms with Crippen molar-refractivity contribution >= 4 is 6.29 Å². The molecule has 0 spiro atoms. The Bertz CT molecular complexity index is 110. The molecule has 0 aliphatic rings. The molecule has 0 amide bonds. The van der Waals surface area contributed by atoms with Gasteiger partial charge in [0.2, 0.25) is 0 Å². The number of carbonyl (C=O) groups is 1. The minimum atomic E-state index is -0.898. The number of quaternary nitrogens is 1. The Morgan fingerprint density at radius 1 is 1.55 bits per heavy atom. The van der Waals surface area contributed by atoms with Gasteiger partial charge >= 0.3 is 0 Å². The maximum atomic E-state index is 9.91. The van der Waals surface area contributed by atoms with E-state index < -0.39 is 18.2 Å². The quantitative estimate of drug-likeness (QED) is 0.382. The zero-order chi connectivity index (χ0) is 8.15. The van der Waals surface area contributed by atoms with Gasteiger partial charge in [0, 0.05) is 0 Å². The average molecular weight is 184 g/mol. The number of halogens is 1. The third-order valence-electron chi connectivity index (χ3n) is 1.38. The third-order valence-corrected chi connectivity index (χ3v) is 1.38. The monoisotopic (exact) mass is 183 g/mol. The summed E-state index contributed by atoms with van der Waals surface area (Å²) < 4.78 is 0. The molecule has 68 valence electrons. The van der Waals surface area contributed by atoms with Crippen molar-refractivity contribution in [2.75, 3.05) is 0 Å². The second-order valence-corrected chi connectivity index (χ2v) is 2.39. The van der Waals surface area contributed by atoms with Crippen LogP contribution in [0.1, 0.15) is 13.3 Å². The van der Waals surface area contributed by atoms with Crippen molar-refractivity contribution in [3.63, 3.8) is 0 Å². The van der Waals surface area contributed by atoms with Gasteiger partial charge in [-0.3, -0.25) is 0 Å². The highest BCUT2D eigenvalue weighted by atomic mass is 35.5. The molecule has 0 aliphatic heterocycles. The lowest BCUT2D eigenvalue weighted by Crippen LogP contribution is -3.00. The lowest BCUT2D eigenvalue weighted by atomic mass is 10.1. The maximum absolute atomic E-state index is 9.91. The summed E-state index contributed by atoms with van der Waals surface area (Å²) in [5.41, 5.74) is 3.51. The Labute approximate surface area is 71.8 Å². The first kappa shape index (κ1) is 13.4. The number of rotatable bonds is 4. The van der Waals surface area contributed by atoms with Crippen molar-refractivity contribution in [2.24, 2.45) is 0 Å². The summed E-state index contributed by atoms with van der Waals surface area (Å²) >= 11 is 0. The molecule has 0 saturated heterocycles. The van der Waals surface area contributed by atoms with Crippen molar-refractivity contribution in [3.05, 3.63) is 0 Å². The Morgan fingerprint density at radius 3 is 2.27 bits per heavy atom. The average Bonchev–Trinajstić information content (AvgIpc) is 1.87. The van der Waals surface area contributed by atoms with Crippen molar-refractivity contribution in [1.29, 1.82) is 0 Å². The standard InChI is InChI=1S/C6H13NO3.ClH/c1-4(9)6(10)5(7)2-3-8;/h3-6,9-10H,2,7H2,1H3;1H. The molecule has 0 rings (SSSR count). The highest BCUT2D eigenvalue weighted by Crippen LogP contribution is 1.97. The van der Waals surface area contributed by atoms with Gasteiger partial charge in [0.15, 0.2) is 0 Å². The Kier molecular flexibility index (Phi) is 7.99. The summed E-state index contributed by atoms with van der Waals surface area (Å²) in [6.07, 6.45) is -0.845. The number of carbonyl (C=O) groups excluding carboxylic acids is 1. The summed E-state index contributed by atoms with van der Waals surface area (Å²) in [5, 5.41) is 17.9. The van der Waals surface area contributed by atoms with Gasteiger partial charge in [0.1, 0.15) is 18.4 Å². The van der Waals surface area contributed by atoms with E-state index in [0.717, 1.165) is 0 Å². The van der Waals surface area contributed by atoms with E-state index in [-0.39, 0.29) is 18.8 Å². The van der Waals surface area contributed by atoms with Gasteiger partial charge in [0.05, 0.1) is 12.5 Å². The lowest BCUT2D eigenvalue weighted by Gasteiger charge is -2.15. The van der Waals surface area contributed by atoms with Crippen molar-refractivity contribution in [3.8, 4) is 0 Å². The SMILES string of the molecule is CC(O)C(O)C([NH3+])CC=O.[Cl-]. The Balaban J connectivity index is 0. The van der Waals surface area contributed by atoms with Crippen LogP contribution in [0.5, 0.6) is 0 Å². The van der Waals surface area contributed by atoms with Gasteiger partial charge in [-0.25, -0.2) is 0 Å². The van der Waals surface area contributed by atoms with Gasteiger partial charge < -0.3 is 33.1 Å². The summed E-state index contributed by atoms with van der Waals surface area (Å²) in [5.74, 6) is 0. The first-order chi connectivity index (χ1) is 4.59. The molecule has 0 fully saturated rings. The number of hydrogen-bond donors (Lipinski definition) is 3. The summed E-state index contributed by atoms with van der Waals surface area (Å²) in [6, 6.07) is -0.405. The number of aldehydes is 1. The van der Waals surface area contributed by atoms with E-state index in [0.29, 0.717) is 6.29 Å². The van der Waals surface area contributed by atoms with E-state index in [4.69, 9.17) is 10.2 Å². The predicted molar refractivity (Wildman–Crippen MR) is 35.0 cm³/mol. The van der Waals surface area contributed by atoms with Crippen LogP contribution in [0.2, 0.25) is 0 Å². The van der Waals surface area contributed by atoms with E-state index >= 15 is 0 Å². The van der Waals surface area contributed by atoms with Gasteiger partial charge in [-0.1, -0.05) is 0 Å². The number of aliphatic hydroxyl groups excluding tert-OH is 2. The molecular formula is C6H14ClNO3. The number of aliphatic hydroxyl groups is 2. The first-order valence-corrected chi connectivity index (χ1v) is 3.22. The highest BCUT2D eigenvalue weighted by molar-refractivity contribution is 5.50. The van der Waals surface area contributed by atoms with Gasteiger partial charge in [0.25, 0.3) is 0 Å². The molecule has 0 saturated carbocycles. The predicted octanol–water partition coefficient (Wildman–Crippen LogP) is -5.07. The van der Waals surface area contributed by atoms with Gasteiger partial charge in [-0.2, -0.15) is 0 Å². The van der Waals surface area contributed by atoms with E-state index in [1.165, 1.54) is 6.92 Å². The molecule has 3 unspecified atom stereocenters. The molecule has 0 radical (unpaired) electrons. The van der Waals surface area contributed by atoms with E-state index in [1.54, 1.807) is 0 Å². The summed E-state index contributed by atoms with van der Waals surface area (Å²) in [6.45, 7) is 1.47. The molecule has 0 aliphatic carbocycles. The van der Waals surface area contributed by atoms with Crippen molar-refractivity contribution in [2.45, 2.75) is 31.6 Å². The minimum Gasteiger partial charge on any atom is -1.00 e. The molecule has 0 aromatic heterocycles. The Morgan fingerprint density at radius 2 is 2.00 bits per heavy atom. The molecule has 0 aromatic rings. The fraction of sp³-hybridized carbons (Fsp3) is 0.833. The van der Waals surface area contributed by atoms with Crippen LogP contribution in [-0.4, -0.2) is 34.7 Å².